The topological polar surface area (TPSA) is 69.7 Å². The van der Waals surface area contributed by atoms with Crippen LogP contribution in [0.3, 0.4) is 0 Å². The van der Waals surface area contributed by atoms with Crippen molar-refractivity contribution in [2.45, 2.75) is 38.4 Å². The standard InChI is InChI=1S/C19H20O5/c1-18(2,3)23-16(21)15-14-11-13(20)9-10-19(14,24-17(15)22)12-7-5-4-6-8-12/h4-10,14-15H,11H2,1-3H3/t14-,15+,19+/m1/s1. The minimum absolute atomic E-state index is 0.0705. The molecule has 24 heavy (non-hydrogen) atoms. The van der Waals surface area contributed by atoms with E-state index < -0.39 is 35.0 Å². The van der Waals surface area contributed by atoms with Crippen LogP contribution in [0.15, 0.2) is 42.5 Å². The average Bonchev–Trinajstić information content (AvgIpc) is 2.79. The van der Waals surface area contributed by atoms with Crippen LogP contribution in [0.5, 0.6) is 0 Å². The van der Waals surface area contributed by atoms with Crippen LogP contribution >= 0.6 is 0 Å². The molecule has 0 saturated carbocycles. The first-order valence-electron chi connectivity index (χ1n) is 7.96. The number of benzene rings is 1. The molecule has 3 rings (SSSR count). The summed E-state index contributed by atoms with van der Waals surface area (Å²) in [6.45, 7) is 5.21. The Kier molecular flexibility index (Phi) is 3.82. The molecule has 0 N–H and O–H groups in total. The maximum atomic E-state index is 12.5. The zero-order valence-electron chi connectivity index (χ0n) is 13.9. The Morgan fingerprint density at radius 3 is 2.50 bits per heavy atom. The van der Waals surface area contributed by atoms with Gasteiger partial charge in [0, 0.05) is 12.3 Å². The summed E-state index contributed by atoms with van der Waals surface area (Å²) in [5, 5.41) is 0. The number of hydrogen-bond acceptors (Lipinski definition) is 5. The lowest BCUT2D eigenvalue weighted by Gasteiger charge is -2.34. The van der Waals surface area contributed by atoms with Gasteiger partial charge in [0.2, 0.25) is 0 Å². The molecule has 1 aliphatic carbocycles. The highest BCUT2D eigenvalue weighted by Gasteiger charge is 2.60. The van der Waals surface area contributed by atoms with Gasteiger partial charge in [-0.2, -0.15) is 0 Å². The van der Waals surface area contributed by atoms with Gasteiger partial charge in [0.1, 0.15) is 5.60 Å². The fourth-order valence-electron chi connectivity index (χ4n) is 3.34. The number of carbonyl (C=O) groups is 3. The van der Waals surface area contributed by atoms with Crippen molar-refractivity contribution in [2.75, 3.05) is 0 Å². The summed E-state index contributed by atoms with van der Waals surface area (Å²) in [6, 6.07) is 9.19. The highest BCUT2D eigenvalue weighted by Crippen LogP contribution is 2.50. The van der Waals surface area contributed by atoms with Crippen LogP contribution in [0, 0.1) is 11.8 Å². The molecular formula is C19H20O5. The summed E-state index contributed by atoms with van der Waals surface area (Å²) < 4.78 is 11.0. The Balaban J connectivity index is 2.03. The third-order valence-electron chi connectivity index (χ3n) is 4.30. The second kappa shape index (κ2) is 5.58. The molecule has 126 valence electrons. The molecule has 0 bridgehead atoms. The van der Waals surface area contributed by atoms with Gasteiger partial charge >= 0.3 is 11.9 Å². The predicted molar refractivity (Wildman–Crippen MR) is 85.8 cm³/mol. The normalized spacial score (nSPS) is 29.1. The molecule has 1 heterocycles. The zero-order valence-corrected chi connectivity index (χ0v) is 13.9. The van der Waals surface area contributed by atoms with Gasteiger partial charge in [-0.15, -0.1) is 0 Å². The van der Waals surface area contributed by atoms with Crippen molar-refractivity contribution in [1.82, 2.24) is 0 Å². The summed E-state index contributed by atoms with van der Waals surface area (Å²) in [6.07, 6.45) is 3.09. The number of esters is 2. The van der Waals surface area contributed by atoms with Crippen molar-refractivity contribution in [1.29, 1.82) is 0 Å². The Morgan fingerprint density at radius 2 is 1.88 bits per heavy atom. The van der Waals surface area contributed by atoms with Gasteiger partial charge in [0.25, 0.3) is 0 Å². The van der Waals surface area contributed by atoms with E-state index in [0.29, 0.717) is 0 Å². The first-order chi connectivity index (χ1) is 11.2. The first kappa shape index (κ1) is 16.4. The molecular weight excluding hydrogens is 308 g/mol. The van der Waals surface area contributed by atoms with Crippen molar-refractivity contribution in [3.05, 3.63) is 48.0 Å². The third-order valence-corrected chi connectivity index (χ3v) is 4.30. The fraction of sp³-hybridized carbons (Fsp3) is 0.421. The van der Waals surface area contributed by atoms with Gasteiger partial charge in [-0.25, -0.2) is 0 Å². The predicted octanol–water partition coefficient (Wildman–Crippen LogP) is 2.54. The Labute approximate surface area is 140 Å². The number of rotatable bonds is 2. The quantitative estimate of drug-likeness (QED) is 0.616. The van der Waals surface area contributed by atoms with Gasteiger partial charge in [-0.05, 0) is 38.5 Å². The SMILES string of the molecule is CC(C)(C)OC(=O)[C@H]1C(=O)O[C@]2(c3ccccc3)C=CC(=O)C[C@H]12. The number of hydrogen-bond donors (Lipinski definition) is 0. The van der Waals surface area contributed by atoms with Crippen molar-refractivity contribution in [2.24, 2.45) is 11.8 Å². The first-order valence-corrected chi connectivity index (χ1v) is 7.96. The molecule has 1 aromatic rings. The fourth-order valence-corrected chi connectivity index (χ4v) is 3.34. The van der Waals surface area contributed by atoms with Gasteiger partial charge in [-0.3, -0.25) is 14.4 Å². The average molecular weight is 328 g/mol. The van der Waals surface area contributed by atoms with E-state index >= 15 is 0 Å². The lowest BCUT2D eigenvalue weighted by Crippen LogP contribution is -2.40. The Bertz CT molecular complexity index is 713. The molecule has 2 aliphatic rings. The Morgan fingerprint density at radius 1 is 1.21 bits per heavy atom. The molecule has 0 spiro atoms. The highest BCUT2D eigenvalue weighted by molar-refractivity contribution is 6.00. The highest BCUT2D eigenvalue weighted by atomic mass is 16.6. The van der Waals surface area contributed by atoms with E-state index in [1.807, 2.05) is 30.3 Å². The summed E-state index contributed by atoms with van der Waals surface area (Å²) in [7, 11) is 0. The summed E-state index contributed by atoms with van der Waals surface area (Å²) in [4.78, 5) is 37.0. The van der Waals surface area contributed by atoms with Crippen molar-refractivity contribution >= 4 is 17.7 Å². The van der Waals surface area contributed by atoms with Crippen LogP contribution in [0.25, 0.3) is 0 Å². The number of allylic oxidation sites excluding steroid dienone is 1. The van der Waals surface area contributed by atoms with Gasteiger partial charge in [-0.1, -0.05) is 30.3 Å². The molecule has 0 radical (unpaired) electrons. The zero-order chi connectivity index (χ0) is 17.5. The van der Waals surface area contributed by atoms with E-state index in [0.717, 1.165) is 5.56 Å². The lowest BCUT2D eigenvalue weighted by molar-refractivity contribution is -0.165. The molecule has 1 saturated heterocycles. The summed E-state index contributed by atoms with van der Waals surface area (Å²) >= 11 is 0. The molecule has 1 aliphatic heterocycles. The molecule has 3 atom stereocenters. The van der Waals surface area contributed by atoms with Crippen molar-refractivity contribution in [3.8, 4) is 0 Å². The molecule has 5 nitrogen and oxygen atoms in total. The van der Waals surface area contributed by atoms with E-state index in [1.165, 1.54) is 6.08 Å². The molecule has 0 aromatic heterocycles. The van der Waals surface area contributed by atoms with Crippen molar-refractivity contribution in [3.63, 3.8) is 0 Å². The largest absolute Gasteiger partial charge is 0.459 e. The van der Waals surface area contributed by atoms with E-state index in [1.54, 1.807) is 26.8 Å². The van der Waals surface area contributed by atoms with Gasteiger partial charge in [0.05, 0.1) is 0 Å². The number of carbonyl (C=O) groups excluding carboxylic acids is 3. The van der Waals surface area contributed by atoms with E-state index in [2.05, 4.69) is 0 Å². The Hall–Kier alpha value is -2.43. The molecule has 0 unspecified atom stereocenters. The van der Waals surface area contributed by atoms with Crippen LogP contribution in [0.1, 0.15) is 32.8 Å². The summed E-state index contributed by atoms with van der Waals surface area (Å²) in [5.41, 5.74) is -1.06. The van der Waals surface area contributed by atoms with E-state index in [9.17, 15) is 14.4 Å². The van der Waals surface area contributed by atoms with E-state index in [4.69, 9.17) is 9.47 Å². The second-order valence-corrected chi connectivity index (χ2v) is 7.20. The van der Waals surface area contributed by atoms with Gasteiger partial charge < -0.3 is 9.47 Å². The molecule has 0 amide bonds. The second-order valence-electron chi connectivity index (χ2n) is 7.20. The van der Waals surface area contributed by atoms with Crippen LogP contribution in [-0.4, -0.2) is 23.3 Å². The van der Waals surface area contributed by atoms with E-state index in [-0.39, 0.29) is 12.2 Å². The lowest BCUT2D eigenvalue weighted by atomic mass is 9.71. The van der Waals surface area contributed by atoms with Crippen LogP contribution in [0.4, 0.5) is 0 Å². The maximum Gasteiger partial charge on any atom is 0.322 e. The minimum Gasteiger partial charge on any atom is -0.459 e. The number of ketones is 1. The molecule has 5 heteroatoms. The maximum absolute atomic E-state index is 12.5. The summed E-state index contributed by atoms with van der Waals surface area (Å²) in [5.74, 6) is -3.10. The number of ether oxygens (including phenoxy) is 2. The molecule has 1 fully saturated rings. The minimum atomic E-state index is -1.10. The van der Waals surface area contributed by atoms with Crippen molar-refractivity contribution < 1.29 is 23.9 Å². The monoisotopic (exact) mass is 328 g/mol. The van der Waals surface area contributed by atoms with Crippen LogP contribution in [-0.2, 0) is 29.5 Å². The van der Waals surface area contributed by atoms with Crippen LogP contribution < -0.4 is 0 Å². The van der Waals surface area contributed by atoms with Gasteiger partial charge in [0.15, 0.2) is 17.3 Å². The smallest absolute Gasteiger partial charge is 0.322 e. The van der Waals surface area contributed by atoms with Crippen LogP contribution in [0.2, 0.25) is 0 Å². The molecule has 1 aromatic carbocycles. The number of fused-ring (bicyclic) bond motifs is 1. The third kappa shape index (κ3) is 2.75.